The van der Waals surface area contributed by atoms with Gasteiger partial charge in [-0.1, -0.05) is 11.6 Å². The molecule has 4 nitrogen and oxygen atoms in total. The van der Waals surface area contributed by atoms with Crippen LogP contribution in [0.25, 0.3) is 11.0 Å². The minimum absolute atomic E-state index is 0.0546. The fraction of sp³-hybridized carbons (Fsp3) is 0.154. The van der Waals surface area contributed by atoms with Crippen molar-refractivity contribution in [2.45, 2.75) is 12.4 Å². The Morgan fingerprint density at radius 1 is 1.30 bits per heavy atom. The third-order valence-electron chi connectivity index (χ3n) is 2.94. The van der Waals surface area contributed by atoms with Gasteiger partial charge in [-0.15, -0.1) is 11.6 Å². The quantitative estimate of drug-likeness (QED) is 0.696. The summed E-state index contributed by atoms with van der Waals surface area (Å²) in [5.41, 5.74) is 2.00. The summed E-state index contributed by atoms with van der Waals surface area (Å²) in [6, 6.07) is 6.50. The van der Waals surface area contributed by atoms with Gasteiger partial charge in [0.1, 0.15) is 11.6 Å². The van der Waals surface area contributed by atoms with Gasteiger partial charge in [0.2, 0.25) is 0 Å². The van der Waals surface area contributed by atoms with Crippen molar-refractivity contribution in [2.24, 2.45) is 0 Å². The molecule has 3 aromatic rings. The largest absolute Gasteiger partial charge is 0.321 e. The van der Waals surface area contributed by atoms with E-state index in [1.165, 1.54) is 6.07 Å². The van der Waals surface area contributed by atoms with E-state index in [9.17, 15) is 4.39 Å². The number of alkyl halides is 1. The Hall–Kier alpha value is -1.72. The lowest BCUT2D eigenvalue weighted by Gasteiger charge is -2.06. The molecule has 0 aliphatic rings. The molecule has 0 saturated heterocycles. The number of benzene rings is 1. The monoisotopic (exact) mass is 310 g/mol. The van der Waals surface area contributed by atoms with E-state index < -0.39 is 5.82 Å². The lowest BCUT2D eigenvalue weighted by molar-refractivity contribution is 0.629. The molecular formula is C13H9Cl2FN4. The zero-order valence-electron chi connectivity index (χ0n) is 10.2. The number of aromatic nitrogens is 4. The number of halogens is 3. The molecule has 0 aliphatic heterocycles. The first-order valence-corrected chi connectivity index (χ1v) is 6.77. The van der Waals surface area contributed by atoms with Crippen molar-refractivity contribution in [1.29, 1.82) is 0 Å². The predicted octanol–water partition coefficient (Wildman–Crippen LogP) is 3.41. The topological polar surface area (TPSA) is 43.6 Å². The number of imidazole rings is 1. The molecule has 3 rings (SSSR count). The van der Waals surface area contributed by atoms with Crippen LogP contribution < -0.4 is 0 Å². The van der Waals surface area contributed by atoms with Crippen molar-refractivity contribution >= 4 is 34.2 Å². The van der Waals surface area contributed by atoms with Crippen LogP contribution in [0.15, 0.2) is 30.5 Å². The van der Waals surface area contributed by atoms with E-state index in [-0.39, 0.29) is 10.9 Å². The summed E-state index contributed by atoms with van der Waals surface area (Å²) in [6.45, 7) is 0.453. The molecule has 0 spiro atoms. The van der Waals surface area contributed by atoms with Gasteiger partial charge in [-0.05, 0) is 18.2 Å². The zero-order chi connectivity index (χ0) is 14.1. The molecule has 0 N–H and O–H groups in total. The molecule has 0 radical (unpaired) electrons. The smallest absolute Gasteiger partial charge is 0.144 e. The lowest BCUT2D eigenvalue weighted by atomic mass is 10.3. The molecule has 2 heterocycles. The number of nitrogens with zero attached hydrogens (tertiary/aromatic N) is 4. The molecule has 1 aromatic carbocycles. The van der Waals surface area contributed by atoms with Crippen LogP contribution in [-0.2, 0) is 12.4 Å². The summed E-state index contributed by atoms with van der Waals surface area (Å²) in [6.07, 6.45) is 1.60. The Morgan fingerprint density at radius 3 is 2.85 bits per heavy atom. The average molecular weight is 311 g/mol. The Labute approximate surface area is 124 Å². The molecule has 2 aromatic heterocycles. The summed E-state index contributed by atoms with van der Waals surface area (Å²) in [5, 5.41) is 7.91. The minimum atomic E-state index is -0.496. The summed E-state index contributed by atoms with van der Waals surface area (Å²) in [7, 11) is 0. The fourth-order valence-corrected chi connectivity index (χ4v) is 2.39. The van der Waals surface area contributed by atoms with Crippen LogP contribution in [0.2, 0.25) is 5.02 Å². The van der Waals surface area contributed by atoms with Gasteiger partial charge in [-0.3, -0.25) is 0 Å². The number of hydrogen-bond acceptors (Lipinski definition) is 3. The first kappa shape index (κ1) is 13.3. The van der Waals surface area contributed by atoms with E-state index in [2.05, 4.69) is 15.2 Å². The highest BCUT2D eigenvalue weighted by atomic mass is 35.5. The van der Waals surface area contributed by atoms with Crippen molar-refractivity contribution in [1.82, 2.24) is 19.7 Å². The van der Waals surface area contributed by atoms with E-state index in [1.54, 1.807) is 18.3 Å². The van der Waals surface area contributed by atoms with E-state index >= 15 is 0 Å². The molecular weight excluding hydrogens is 302 g/mol. The zero-order valence-corrected chi connectivity index (χ0v) is 11.7. The Morgan fingerprint density at radius 2 is 2.15 bits per heavy atom. The molecule has 0 atom stereocenters. The lowest BCUT2D eigenvalue weighted by Crippen LogP contribution is -2.05. The van der Waals surface area contributed by atoms with Crippen molar-refractivity contribution < 1.29 is 4.39 Å². The molecule has 0 amide bonds. The van der Waals surface area contributed by atoms with Crippen molar-refractivity contribution in [3.05, 3.63) is 52.8 Å². The maximum atomic E-state index is 13.5. The van der Waals surface area contributed by atoms with Crippen LogP contribution in [-0.4, -0.2) is 19.7 Å². The summed E-state index contributed by atoms with van der Waals surface area (Å²) in [5.74, 6) is 0.354. The van der Waals surface area contributed by atoms with Gasteiger partial charge in [-0.2, -0.15) is 10.2 Å². The second-order valence-electron chi connectivity index (χ2n) is 4.22. The van der Waals surface area contributed by atoms with Crippen molar-refractivity contribution in [3.63, 3.8) is 0 Å². The van der Waals surface area contributed by atoms with Gasteiger partial charge in [-0.25, -0.2) is 9.37 Å². The van der Waals surface area contributed by atoms with Crippen molar-refractivity contribution in [3.8, 4) is 0 Å². The minimum Gasteiger partial charge on any atom is -0.321 e. The van der Waals surface area contributed by atoms with Crippen LogP contribution in [0.3, 0.4) is 0 Å². The highest BCUT2D eigenvalue weighted by molar-refractivity contribution is 6.31. The first-order valence-electron chi connectivity index (χ1n) is 5.85. The van der Waals surface area contributed by atoms with Gasteiger partial charge in [0.25, 0.3) is 0 Å². The molecule has 0 aliphatic carbocycles. The molecule has 0 unspecified atom stereocenters. The SMILES string of the molecule is Fc1cc2nc(CCl)n(Cc3cccnn3)c2cc1Cl. The maximum absolute atomic E-state index is 13.5. The Balaban J connectivity index is 2.15. The van der Waals surface area contributed by atoms with Gasteiger partial charge >= 0.3 is 0 Å². The van der Waals surface area contributed by atoms with Crippen molar-refractivity contribution in [2.75, 3.05) is 0 Å². The molecule has 102 valence electrons. The highest BCUT2D eigenvalue weighted by Crippen LogP contribution is 2.25. The molecule has 7 heteroatoms. The number of rotatable bonds is 3. The Kier molecular flexibility index (Phi) is 3.54. The van der Waals surface area contributed by atoms with Crippen LogP contribution >= 0.6 is 23.2 Å². The molecule has 20 heavy (non-hydrogen) atoms. The second-order valence-corrected chi connectivity index (χ2v) is 4.89. The highest BCUT2D eigenvalue weighted by Gasteiger charge is 2.13. The van der Waals surface area contributed by atoms with E-state index in [0.29, 0.717) is 17.9 Å². The van der Waals surface area contributed by atoms with E-state index in [0.717, 1.165) is 11.2 Å². The fourth-order valence-electron chi connectivity index (χ4n) is 2.03. The van der Waals surface area contributed by atoms with Gasteiger partial charge < -0.3 is 4.57 Å². The third kappa shape index (κ3) is 2.34. The van der Waals surface area contributed by atoms with Gasteiger partial charge in [0.15, 0.2) is 0 Å². The van der Waals surface area contributed by atoms with Crippen LogP contribution in [0.4, 0.5) is 4.39 Å². The van der Waals surface area contributed by atoms with Crippen LogP contribution in [0.1, 0.15) is 11.5 Å². The summed E-state index contributed by atoms with van der Waals surface area (Å²) in [4.78, 5) is 4.31. The van der Waals surface area contributed by atoms with E-state index in [4.69, 9.17) is 23.2 Å². The predicted molar refractivity (Wildman–Crippen MR) is 75.4 cm³/mol. The maximum Gasteiger partial charge on any atom is 0.144 e. The molecule has 0 saturated carbocycles. The van der Waals surface area contributed by atoms with Gasteiger partial charge in [0, 0.05) is 12.3 Å². The number of hydrogen-bond donors (Lipinski definition) is 0. The van der Waals surface area contributed by atoms with Gasteiger partial charge in [0.05, 0.1) is 34.2 Å². The Bertz CT molecular complexity index is 758. The standard InChI is InChI=1S/C13H9Cl2FN4/c14-6-13-18-11-5-10(16)9(15)4-12(11)20(13)7-8-2-1-3-17-19-8/h1-5H,6-7H2. The summed E-state index contributed by atoms with van der Waals surface area (Å²) >= 11 is 11.7. The average Bonchev–Trinajstić information content (AvgIpc) is 2.78. The third-order valence-corrected chi connectivity index (χ3v) is 3.47. The first-order chi connectivity index (χ1) is 9.69. The molecule has 0 fully saturated rings. The van der Waals surface area contributed by atoms with Crippen LogP contribution in [0.5, 0.6) is 0 Å². The second kappa shape index (κ2) is 5.34. The normalized spacial score (nSPS) is 11.2. The number of fused-ring (bicyclic) bond motifs is 1. The van der Waals surface area contributed by atoms with Crippen LogP contribution in [0, 0.1) is 5.82 Å². The molecule has 0 bridgehead atoms. The van der Waals surface area contributed by atoms with E-state index in [1.807, 2.05) is 10.6 Å². The summed E-state index contributed by atoms with van der Waals surface area (Å²) < 4.78 is 15.3.